The van der Waals surface area contributed by atoms with E-state index in [1.807, 2.05) is 0 Å². The monoisotopic (exact) mass is 388 g/mol. The first-order chi connectivity index (χ1) is 11.7. The maximum Gasteiger partial charge on any atom is 0.235 e. The van der Waals surface area contributed by atoms with Gasteiger partial charge in [0, 0.05) is 12.1 Å². The van der Waals surface area contributed by atoms with E-state index in [0.29, 0.717) is 5.92 Å². The number of halogens is 2. The smallest absolute Gasteiger partial charge is 0.235 e. The van der Waals surface area contributed by atoms with Gasteiger partial charge in [-0.2, -0.15) is 0 Å². The average Bonchev–Trinajstić information content (AvgIpc) is 2.75. The van der Waals surface area contributed by atoms with E-state index in [-0.39, 0.29) is 51.9 Å². The van der Waals surface area contributed by atoms with Crippen molar-refractivity contribution in [2.24, 2.45) is 22.2 Å². The lowest BCUT2D eigenvalue weighted by Gasteiger charge is -2.59. The molecule has 0 heterocycles. The van der Waals surface area contributed by atoms with Gasteiger partial charge in [0.1, 0.15) is 11.8 Å². The third-order valence-corrected chi connectivity index (χ3v) is 7.94. The summed E-state index contributed by atoms with van der Waals surface area (Å²) in [6.07, 6.45) is 6.33. The molecule has 0 aliphatic heterocycles. The Balaban J connectivity index is 1.88. The van der Waals surface area contributed by atoms with Crippen molar-refractivity contribution in [1.82, 2.24) is 10.6 Å². The Labute approximate surface area is 160 Å². The van der Waals surface area contributed by atoms with Crippen LogP contribution in [-0.2, 0) is 9.59 Å². The van der Waals surface area contributed by atoms with Crippen LogP contribution < -0.4 is 10.6 Å². The van der Waals surface area contributed by atoms with Crippen LogP contribution in [0.25, 0.3) is 0 Å². The van der Waals surface area contributed by atoms with E-state index in [9.17, 15) is 9.59 Å². The summed E-state index contributed by atoms with van der Waals surface area (Å²) in [4.78, 5) is 23.9. The van der Waals surface area contributed by atoms with Gasteiger partial charge in [-0.15, -0.1) is 23.2 Å². The van der Waals surface area contributed by atoms with Gasteiger partial charge in [-0.05, 0) is 60.7 Å². The minimum absolute atomic E-state index is 0.0157. The predicted molar refractivity (Wildman–Crippen MR) is 101 cm³/mol. The van der Waals surface area contributed by atoms with Gasteiger partial charge in [-0.1, -0.05) is 20.8 Å². The average molecular weight is 389 g/mol. The zero-order valence-corrected chi connectivity index (χ0v) is 17.0. The number of carbonyl (C=O) groups is 2. The van der Waals surface area contributed by atoms with Crippen LogP contribution in [0, 0.1) is 22.2 Å². The Bertz CT molecular complexity index is 568. The van der Waals surface area contributed by atoms with E-state index in [1.165, 1.54) is 0 Å². The van der Waals surface area contributed by atoms with Crippen molar-refractivity contribution in [3.63, 3.8) is 0 Å². The topological polar surface area (TPSA) is 58.2 Å². The molecule has 0 radical (unpaired) electrons. The third-order valence-electron chi connectivity index (χ3n) is 7.45. The molecule has 2 N–H and O–H groups in total. The first-order valence-electron chi connectivity index (χ1n) is 9.37. The maximum atomic E-state index is 12.0. The number of hydrogen-bond donors (Lipinski definition) is 2. The Morgan fingerprint density at radius 3 is 2.16 bits per heavy atom. The number of fused-ring (bicyclic) bond motifs is 1. The van der Waals surface area contributed by atoms with Crippen molar-refractivity contribution in [1.29, 1.82) is 0 Å². The zero-order chi connectivity index (χ0) is 18.5. The lowest BCUT2D eigenvalue weighted by molar-refractivity contribution is -0.126. The molecule has 2 amide bonds. The van der Waals surface area contributed by atoms with Gasteiger partial charge in [0.25, 0.3) is 0 Å². The molecule has 3 fully saturated rings. The summed E-state index contributed by atoms with van der Waals surface area (Å²) in [7, 11) is 0. The van der Waals surface area contributed by atoms with Crippen molar-refractivity contribution in [2.75, 3.05) is 11.8 Å². The van der Waals surface area contributed by atoms with Crippen LogP contribution >= 0.6 is 23.2 Å². The molecule has 3 aliphatic rings. The highest BCUT2D eigenvalue weighted by Crippen LogP contribution is 2.68. The van der Waals surface area contributed by atoms with Gasteiger partial charge in [0.2, 0.25) is 11.8 Å². The molecule has 3 rings (SSSR count). The molecule has 2 bridgehead atoms. The molecule has 0 aromatic carbocycles. The molecule has 0 saturated heterocycles. The molecule has 1 spiro atoms. The third kappa shape index (κ3) is 3.18. The van der Waals surface area contributed by atoms with Gasteiger partial charge in [-0.3, -0.25) is 9.59 Å². The van der Waals surface area contributed by atoms with Crippen LogP contribution in [0.4, 0.5) is 0 Å². The Morgan fingerprint density at radius 2 is 1.56 bits per heavy atom. The first-order valence-corrected chi connectivity index (χ1v) is 10.4. The zero-order valence-electron chi connectivity index (χ0n) is 15.5. The molecule has 4 nitrogen and oxygen atoms in total. The van der Waals surface area contributed by atoms with Crippen LogP contribution in [0.1, 0.15) is 59.3 Å². The fourth-order valence-electron chi connectivity index (χ4n) is 6.53. The fraction of sp³-hybridized carbons (Fsp3) is 0.895. The van der Waals surface area contributed by atoms with Gasteiger partial charge in [0.15, 0.2) is 0 Å². The SMILES string of the molecule is CC1(C)C[C@H](NC(=O)CCl)[C@]23CC[C@@H](NC(=O)CCl)[C@@](C)(CC[C@@H]12)C3. The molecule has 3 aliphatic carbocycles. The van der Waals surface area contributed by atoms with Crippen LogP contribution in [0.2, 0.25) is 0 Å². The molecule has 6 heteroatoms. The van der Waals surface area contributed by atoms with E-state index in [0.717, 1.165) is 38.5 Å². The highest BCUT2D eigenvalue weighted by Gasteiger charge is 2.65. The highest BCUT2D eigenvalue weighted by molar-refractivity contribution is 6.27. The molecule has 3 saturated carbocycles. The van der Waals surface area contributed by atoms with Crippen LogP contribution in [0.15, 0.2) is 0 Å². The summed E-state index contributed by atoms with van der Waals surface area (Å²) in [5, 5.41) is 6.38. The van der Waals surface area contributed by atoms with Crippen molar-refractivity contribution in [3.05, 3.63) is 0 Å². The summed E-state index contributed by atoms with van der Waals surface area (Å²) >= 11 is 11.5. The summed E-state index contributed by atoms with van der Waals surface area (Å²) < 4.78 is 0. The number of hydrogen-bond acceptors (Lipinski definition) is 2. The largest absolute Gasteiger partial charge is 0.352 e. The summed E-state index contributed by atoms with van der Waals surface area (Å²) in [6, 6.07) is 0.362. The second-order valence-corrected chi connectivity index (χ2v) is 9.93. The number of rotatable bonds is 4. The second kappa shape index (κ2) is 6.60. The Morgan fingerprint density at radius 1 is 0.960 bits per heavy atom. The van der Waals surface area contributed by atoms with E-state index < -0.39 is 0 Å². The van der Waals surface area contributed by atoms with Gasteiger partial charge in [0.05, 0.1) is 0 Å². The molecule has 0 aromatic rings. The number of alkyl halides is 2. The normalized spacial score (nSPS) is 41.7. The standard InChI is InChI=1S/C19H30Cl2N2O2/c1-17(2)8-14(23-16(25)10-21)19-7-5-13(22-15(24)9-20)18(3,11-19)6-4-12(17)19/h12-14H,4-11H2,1-3H3,(H,22,24)(H,23,25)/t12-,13+,14-,18-,19-/m0/s1. The Hall–Kier alpha value is -0.480. The Kier molecular flexibility index (Phi) is 5.09. The van der Waals surface area contributed by atoms with Gasteiger partial charge < -0.3 is 10.6 Å². The van der Waals surface area contributed by atoms with Crippen molar-refractivity contribution < 1.29 is 9.59 Å². The van der Waals surface area contributed by atoms with E-state index in [4.69, 9.17) is 23.2 Å². The number of carbonyl (C=O) groups excluding carboxylic acids is 2. The van der Waals surface area contributed by atoms with Crippen LogP contribution in [0.5, 0.6) is 0 Å². The quantitative estimate of drug-likeness (QED) is 0.724. The fourth-order valence-corrected chi connectivity index (χ4v) is 6.69. The van der Waals surface area contributed by atoms with E-state index in [1.54, 1.807) is 0 Å². The summed E-state index contributed by atoms with van der Waals surface area (Å²) in [6.45, 7) is 6.99. The highest BCUT2D eigenvalue weighted by atomic mass is 35.5. The van der Waals surface area contributed by atoms with E-state index in [2.05, 4.69) is 31.4 Å². The molecular formula is C19H30Cl2N2O2. The summed E-state index contributed by atoms with van der Waals surface area (Å²) in [5.74, 6) is 0.496. The second-order valence-electron chi connectivity index (χ2n) is 9.39. The lowest BCUT2D eigenvalue weighted by Crippen LogP contribution is -2.61. The minimum atomic E-state index is -0.0790. The molecule has 142 valence electrons. The minimum Gasteiger partial charge on any atom is -0.352 e. The van der Waals surface area contributed by atoms with Crippen LogP contribution in [0.3, 0.4) is 0 Å². The molecular weight excluding hydrogens is 359 g/mol. The molecule has 25 heavy (non-hydrogen) atoms. The molecule has 0 aromatic heterocycles. The van der Waals surface area contributed by atoms with Crippen molar-refractivity contribution >= 4 is 35.0 Å². The van der Waals surface area contributed by atoms with Crippen molar-refractivity contribution in [3.8, 4) is 0 Å². The molecule has 0 unspecified atom stereocenters. The van der Waals surface area contributed by atoms with E-state index >= 15 is 0 Å². The van der Waals surface area contributed by atoms with Crippen molar-refractivity contribution in [2.45, 2.75) is 71.4 Å². The lowest BCUT2D eigenvalue weighted by atomic mass is 9.48. The predicted octanol–water partition coefficient (Wildman–Crippen LogP) is 3.45. The number of amides is 2. The first kappa shape index (κ1) is 19.3. The molecule has 5 atom stereocenters. The van der Waals surface area contributed by atoms with Gasteiger partial charge in [-0.25, -0.2) is 0 Å². The van der Waals surface area contributed by atoms with Crippen LogP contribution in [-0.4, -0.2) is 35.7 Å². The summed E-state index contributed by atoms with van der Waals surface area (Å²) in [5.41, 5.74) is 0.416. The number of nitrogens with one attached hydrogen (secondary N) is 2. The van der Waals surface area contributed by atoms with Gasteiger partial charge >= 0.3 is 0 Å². The maximum absolute atomic E-state index is 12.0.